The molecule has 1 N–H and O–H groups in total. The number of para-hydroxylation sites is 1. The van der Waals surface area contributed by atoms with Gasteiger partial charge < -0.3 is 10.1 Å². The summed E-state index contributed by atoms with van der Waals surface area (Å²) in [5, 5.41) is 7.75. The fourth-order valence-corrected chi connectivity index (χ4v) is 2.46. The fraction of sp³-hybridized carbons (Fsp3) is 0.235. The van der Waals surface area contributed by atoms with E-state index in [0.29, 0.717) is 6.54 Å². The number of hydrogen-bond donors (Lipinski definition) is 1. The Kier molecular flexibility index (Phi) is 4.23. The topological polar surface area (TPSA) is 64.9 Å². The number of benzene rings is 1. The number of methoxy groups -OCH3 is 1. The average Bonchev–Trinajstić information content (AvgIpc) is 2.92. The molecule has 0 fully saturated rings. The lowest BCUT2D eigenvalue weighted by Crippen LogP contribution is -2.07. The molecule has 3 rings (SSSR count). The van der Waals surface area contributed by atoms with Crippen LogP contribution >= 0.6 is 0 Å². The summed E-state index contributed by atoms with van der Waals surface area (Å²) >= 11 is 0. The van der Waals surface area contributed by atoms with Crippen LogP contribution in [-0.4, -0.2) is 26.9 Å². The van der Waals surface area contributed by atoms with Gasteiger partial charge in [-0.2, -0.15) is 5.10 Å². The first-order chi connectivity index (χ1) is 11.2. The molecule has 0 aliphatic heterocycles. The zero-order valence-corrected chi connectivity index (χ0v) is 13.4. The van der Waals surface area contributed by atoms with Crippen molar-refractivity contribution in [3.8, 4) is 11.6 Å². The van der Waals surface area contributed by atoms with E-state index in [2.05, 4.69) is 20.4 Å². The van der Waals surface area contributed by atoms with Gasteiger partial charge in [0.2, 0.25) is 0 Å². The number of aromatic nitrogens is 4. The first kappa shape index (κ1) is 15.0. The minimum Gasteiger partial charge on any atom is -0.496 e. The predicted molar refractivity (Wildman–Crippen MR) is 88.9 cm³/mol. The molecule has 1 aromatic carbocycles. The van der Waals surface area contributed by atoms with Gasteiger partial charge in [-0.3, -0.25) is 0 Å². The van der Waals surface area contributed by atoms with Gasteiger partial charge in [0, 0.05) is 23.9 Å². The Balaban J connectivity index is 1.79. The number of aryl methyl sites for hydroxylation is 2. The fourth-order valence-electron chi connectivity index (χ4n) is 2.46. The highest BCUT2D eigenvalue weighted by molar-refractivity contribution is 5.43. The van der Waals surface area contributed by atoms with Crippen LogP contribution in [0.25, 0.3) is 5.82 Å². The number of ether oxygens (including phenoxy) is 1. The molecule has 2 heterocycles. The summed E-state index contributed by atoms with van der Waals surface area (Å²) in [4.78, 5) is 8.56. The van der Waals surface area contributed by atoms with Crippen LogP contribution in [0.4, 0.5) is 5.82 Å². The zero-order chi connectivity index (χ0) is 16.2. The SMILES string of the molecule is COc1ccccc1CNc1cc(-n2nc(C)cc2C)ncn1. The molecule has 2 aromatic heterocycles. The molecule has 23 heavy (non-hydrogen) atoms. The quantitative estimate of drug-likeness (QED) is 0.785. The maximum absolute atomic E-state index is 5.36. The van der Waals surface area contributed by atoms with Gasteiger partial charge in [-0.1, -0.05) is 18.2 Å². The van der Waals surface area contributed by atoms with E-state index in [-0.39, 0.29) is 0 Å². The van der Waals surface area contributed by atoms with Crippen LogP contribution < -0.4 is 10.1 Å². The summed E-state index contributed by atoms with van der Waals surface area (Å²) in [5.74, 6) is 2.34. The van der Waals surface area contributed by atoms with Gasteiger partial charge in [0.15, 0.2) is 5.82 Å². The number of hydrogen-bond acceptors (Lipinski definition) is 5. The van der Waals surface area contributed by atoms with Crippen LogP contribution in [0, 0.1) is 13.8 Å². The monoisotopic (exact) mass is 309 g/mol. The normalized spacial score (nSPS) is 10.6. The van der Waals surface area contributed by atoms with E-state index >= 15 is 0 Å². The Morgan fingerprint density at radius 3 is 2.70 bits per heavy atom. The van der Waals surface area contributed by atoms with Gasteiger partial charge in [-0.25, -0.2) is 14.6 Å². The molecule has 0 radical (unpaired) electrons. The number of anilines is 1. The van der Waals surface area contributed by atoms with Crippen LogP contribution in [0.5, 0.6) is 5.75 Å². The maximum Gasteiger partial charge on any atom is 0.159 e. The molecule has 0 unspecified atom stereocenters. The van der Waals surface area contributed by atoms with Crippen LogP contribution in [0.1, 0.15) is 17.0 Å². The third kappa shape index (κ3) is 3.31. The second-order valence-corrected chi connectivity index (χ2v) is 5.27. The molecular weight excluding hydrogens is 290 g/mol. The molecule has 0 aliphatic carbocycles. The molecule has 3 aromatic rings. The molecule has 118 valence electrons. The molecule has 6 nitrogen and oxygen atoms in total. The van der Waals surface area contributed by atoms with Crippen molar-refractivity contribution in [1.29, 1.82) is 0 Å². The van der Waals surface area contributed by atoms with E-state index in [1.54, 1.807) is 7.11 Å². The number of rotatable bonds is 5. The first-order valence-electron chi connectivity index (χ1n) is 7.39. The Morgan fingerprint density at radius 1 is 1.13 bits per heavy atom. The average molecular weight is 309 g/mol. The summed E-state index contributed by atoms with van der Waals surface area (Å²) in [7, 11) is 1.67. The standard InChI is InChI=1S/C17H19N5O/c1-12-8-13(2)22(21-12)17-9-16(19-11-20-17)18-10-14-6-4-5-7-15(14)23-3/h4-9,11H,10H2,1-3H3,(H,18,19,20). The minimum absolute atomic E-state index is 0.623. The highest BCUT2D eigenvalue weighted by Gasteiger charge is 2.07. The summed E-state index contributed by atoms with van der Waals surface area (Å²) in [5.41, 5.74) is 3.07. The van der Waals surface area contributed by atoms with E-state index in [9.17, 15) is 0 Å². The Morgan fingerprint density at radius 2 is 1.96 bits per heavy atom. The molecule has 0 atom stereocenters. The summed E-state index contributed by atoms with van der Waals surface area (Å²) in [6.45, 7) is 4.59. The minimum atomic E-state index is 0.623. The summed E-state index contributed by atoms with van der Waals surface area (Å²) < 4.78 is 7.17. The van der Waals surface area contributed by atoms with Crippen molar-refractivity contribution in [3.05, 3.63) is 59.7 Å². The lowest BCUT2D eigenvalue weighted by atomic mass is 10.2. The van der Waals surface area contributed by atoms with Crippen LogP contribution in [0.15, 0.2) is 42.7 Å². The molecule has 0 saturated heterocycles. The summed E-state index contributed by atoms with van der Waals surface area (Å²) in [6, 6.07) is 11.8. The van der Waals surface area contributed by atoms with Crippen molar-refractivity contribution in [2.75, 3.05) is 12.4 Å². The van der Waals surface area contributed by atoms with Gasteiger partial charge in [0.05, 0.1) is 12.8 Å². The highest BCUT2D eigenvalue weighted by Crippen LogP contribution is 2.19. The summed E-state index contributed by atoms with van der Waals surface area (Å²) in [6.07, 6.45) is 1.54. The molecule has 6 heteroatoms. The van der Waals surface area contributed by atoms with E-state index in [1.807, 2.05) is 54.9 Å². The van der Waals surface area contributed by atoms with Crippen LogP contribution in [0.2, 0.25) is 0 Å². The van der Waals surface area contributed by atoms with E-state index < -0.39 is 0 Å². The lowest BCUT2D eigenvalue weighted by molar-refractivity contribution is 0.410. The first-order valence-corrected chi connectivity index (χ1v) is 7.39. The van der Waals surface area contributed by atoms with E-state index in [0.717, 1.165) is 34.3 Å². The predicted octanol–water partition coefficient (Wildman–Crippen LogP) is 2.90. The third-order valence-corrected chi connectivity index (χ3v) is 3.53. The van der Waals surface area contributed by atoms with Crippen LogP contribution in [-0.2, 0) is 6.54 Å². The van der Waals surface area contributed by atoms with Crippen LogP contribution in [0.3, 0.4) is 0 Å². The van der Waals surface area contributed by atoms with Crippen molar-refractivity contribution in [2.24, 2.45) is 0 Å². The Bertz CT molecular complexity index is 812. The molecule has 0 spiro atoms. The van der Waals surface area contributed by atoms with E-state index in [4.69, 9.17) is 4.74 Å². The Labute approximate surface area is 135 Å². The molecule has 0 saturated carbocycles. The van der Waals surface area contributed by atoms with Crippen molar-refractivity contribution < 1.29 is 4.74 Å². The molecule has 0 amide bonds. The van der Waals surface area contributed by atoms with Crippen molar-refractivity contribution in [1.82, 2.24) is 19.7 Å². The lowest BCUT2D eigenvalue weighted by Gasteiger charge is -2.10. The van der Waals surface area contributed by atoms with Crippen molar-refractivity contribution >= 4 is 5.82 Å². The van der Waals surface area contributed by atoms with Gasteiger partial charge in [0.25, 0.3) is 0 Å². The molecule has 0 aliphatic rings. The van der Waals surface area contributed by atoms with Gasteiger partial charge in [-0.15, -0.1) is 0 Å². The third-order valence-electron chi connectivity index (χ3n) is 3.53. The van der Waals surface area contributed by atoms with Gasteiger partial charge in [0.1, 0.15) is 17.9 Å². The second kappa shape index (κ2) is 6.48. The van der Waals surface area contributed by atoms with Crippen molar-refractivity contribution in [2.45, 2.75) is 20.4 Å². The highest BCUT2D eigenvalue weighted by atomic mass is 16.5. The van der Waals surface area contributed by atoms with Gasteiger partial charge >= 0.3 is 0 Å². The smallest absolute Gasteiger partial charge is 0.159 e. The van der Waals surface area contributed by atoms with Gasteiger partial charge in [-0.05, 0) is 26.0 Å². The number of nitrogens with zero attached hydrogens (tertiary/aromatic N) is 4. The Hall–Kier alpha value is -2.89. The van der Waals surface area contributed by atoms with Crippen molar-refractivity contribution in [3.63, 3.8) is 0 Å². The molecule has 0 bridgehead atoms. The molecular formula is C17H19N5O. The maximum atomic E-state index is 5.36. The van der Waals surface area contributed by atoms with E-state index in [1.165, 1.54) is 6.33 Å². The number of nitrogens with one attached hydrogen (secondary N) is 1. The largest absolute Gasteiger partial charge is 0.496 e. The second-order valence-electron chi connectivity index (χ2n) is 5.27. The zero-order valence-electron chi connectivity index (χ0n) is 13.4.